The standard InChI is InChI=1S/C19H19FN6O/c1-3-12-9-16(23-10-12)19(25-14-7-8-22-11-13(14)20)26-18(21)15-5-4-6-17(24-15)27-2/h4-11,23H,3H2,1-2H3,(H2,21,22,25,26). The number of hydrogen-bond acceptors (Lipinski definition) is 4. The molecule has 0 amide bonds. The van der Waals surface area contributed by atoms with Crippen molar-refractivity contribution in [2.75, 3.05) is 7.11 Å². The summed E-state index contributed by atoms with van der Waals surface area (Å²) in [5, 5.41) is 0. The Morgan fingerprint density at radius 2 is 2.19 bits per heavy atom. The average molecular weight is 366 g/mol. The van der Waals surface area contributed by atoms with E-state index >= 15 is 0 Å². The summed E-state index contributed by atoms with van der Waals surface area (Å²) in [6.45, 7) is 2.03. The van der Waals surface area contributed by atoms with Crippen molar-refractivity contribution in [3.8, 4) is 5.88 Å². The van der Waals surface area contributed by atoms with Gasteiger partial charge in [-0.15, -0.1) is 0 Å². The van der Waals surface area contributed by atoms with Crippen molar-refractivity contribution in [2.45, 2.75) is 13.3 Å². The van der Waals surface area contributed by atoms with E-state index in [0.29, 0.717) is 17.3 Å². The Hall–Kier alpha value is -3.55. The quantitative estimate of drug-likeness (QED) is 0.535. The molecule has 3 heterocycles. The molecular formula is C19H19FN6O. The van der Waals surface area contributed by atoms with Crippen LogP contribution in [0.4, 0.5) is 10.1 Å². The van der Waals surface area contributed by atoms with E-state index in [1.54, 1.807) is 18.2 Å². The summed E-state index contributed by atoms with van der Waals surface area (Å²) in [5.41, 5.74) is 8.35. The first kappa shape index (κ1) is 18.2. The summed E-state index contributed by atoms with van der Waals surface area (Å²) in [4.78, 5) is 19.8. The van der Waals surface area contributed by atoms with Crippen LogP contribution in [-0.4, -0.2) is 33.7 Å². The van der Waals surface area contributed by atoms with Crippen LogP contribution >= 0.6 is 0 Å². The molecule has 3 rings (SSSR count). The fourth-order valence-corrected chi connectivity index (χ4v) is 2.33. The molecule has 0 aromatic carbocycles. The third-order valence-electron chi connectivity index (χ3n) is 3.79. The number of hydrogen-bond donors (Lipinski definition) is 2. The van der Waals surface area contributed by atoms with Crippen molar-refractivity contribution in [1.29, 1.82) is 0 Å². The lowest BCUT2D eigenvalue weighted by molar-refractivity contribution is 0.397. The molecular weight excluding hydrogens is 347 g/mol. The highest BCUT2D eigenvalue weighted by Gasteiger charge is 2.11. The Kier molecular flexibility index (Phi) is 5.55. The van der Waals surface area contributed by atoms with Gasteiger partial charge >= 0.3 is 0 Å². The molecule has 0 atom stereocenters. The van der Waals surface area contributed by atoms with Gasteiger partial charge in [0.15, 0.2) is 17.5 Å². The molecule has 3 aromatic rings. The van der Waals surface area contributed by atoms with Gasteiger partial charge in [0, 0.05) is 18.5 Å². The zero-order valence-corrected chi connectivity index (χ0v) is 15.0. The summed E-state index contributed by atoms with van der Waals surface area (Å²) >= 11 is 0. The molecule has 27 heavy (non-hydrogen) atoms. The maximum atomic E-state index is 14.0. The molecule has 3 aromatic heterocycles. The minimum Gasteiger partial charge on any atom is -0.481 e. The second-order valence-corrected chi connectivity index (χ2v) is 5.60. The molecule has 0 aliphatic heterocycles. The van der Waals surface area contributed by atoms with Gasteiger partial charge in [-0.25, -0.2) is 19.4 Å². The Morgan fingerprint density at radius 1 is 1.33 bits per heavy atom. The zero-order chi connectivity index (χ0) is 19.2. The lowest BCUT2D eigenvalue weighted by atomic mass is 10.2. The highest BCUT2D eigenvalue weighted by atomic mass is 19.1. The topological polar surface area (TPSA) is 102 Å². The molecule has 0 aliphatic rings. The van der Waals surface area contributed by atoms with Crippen LogP contribution in [0.15, 0.2) is 58.9 Å². The Labute approximate surface area is 155 Å². The number of aromatic nitrogens is 3. The van der Waals surface area contributed by atoms with Gasteiger partial charge in [-0.3, -0.25) is 4.98 Å². The molecule has 0 saturated heterocycles. The number of halogens is 1. The third kappa shape index (κ3) is 4.35. The molecule has 0 aliphatic carbocycles. The molecule has 8 heteroatoms. The number of ether oxygens (including phenoxy) is 1. The van der Waals surface area contributed by atoms with Gasteiger partial charge in [-0.2, -0.15) is 0 Å². The van der Waals surface area contributed by atoms with E-state index in [2.05, 4.69) is 24.9 Å². The largest absolute Gasteiger partial charge is 0.481 e. The van der Waals surface area contributed by atoms with Crippen LogP contribution in [0.1, 0.15) is 23.9 Å². The van der Waals surface area contributed by atoms with E-state index in [0.717, 1.165) is 18.2 Å². The van der Waals surface area contributed by atoms with E-state index in [1.807, 2.05) is 19.2 Å². The normalized spacial score (nSPS) is 12.3. The Balaban J connectivity index is 2.07. The van der Waals surface area contributed by atoms with Crippen molar-refractivity contribution in [3.63, 3.8) is 0 Å². The van der Waals surface area contributed by atoms with Gasteiger partial charge in [0.2, 0.25) is 5.88 Å². The molecule has 0 unspecified atom stereocenters. The monoisotopic (exact) mass is 366 g/mol. The first-order chi connectivity index (χ1) is 13.1. The van der Waals surface area contributed by atoms with Crippen LogP contribution in [0.2, 0.25) is 0 Å². The maximum Gasteiger partial charge on any atom is 0.213 e. The van der Waals surface area contributed by atoms with Crippen molar-refractivity contribution < 1.29 is 9.13 Å². The van der Waals surface area contributed by atoms with Gasteiger partial charge in [0.25, 0.3) is 0 Å². The summed E-state index contributed by atoms with van der Waals surface area (Å²) in [6, 6.07) is 8.53. The number of nitrogens with two attached hydrogens (primary N) is 1. The minimum atomic E-state index is -0.550. The van der Waals surface area contributed by atoms with Crippen LogP contribution in [0.3, 0.4) is 0 Å². The molecule has 0 saturated carbocycles. The maximum absolute atomic E-state index is 14.0. The lowest BCUT2D eigenvalue weighted by Crippen LogP contribution is -2.18. The van der Waals surface area contributed by atoms with E-state index in [9.17, 15) is 4.39 Å². The zero-order valence-electron chi connectivity index (χ0n) is 15.0. The second kappa shape index (κ2) is 8.22. The Morgan fingerprint density at radius 3 is 2.89 bits per heavy atom. The smallest absolute Gasteiger partial charge is 0.213 e. The number of amidine groups is 2. The van der Waals surface area contributed by atoms with Crippen LogP contribution in [0.5, 0.6) is 5.88 Å². The highest BCUT2D eigenvalue weighted by Crippen LogP contribution is 2.18. The number of pyridine rings is 2. The first-order valence-corrected chi connectivity index (χ1v) is 8.32. The van der Waals surface area contributed by atoms with E-state index in [-0.39, 0.29) is 17.4 Å². The van der Waals surface area contributed by atoms with Crippen LogP contribution < -0.4 is 10.5 Å². The number of nitrogens with one attached hydrogen (secondary N) is 1. The van der Waals surface area contributed by atoms with E-state index in [1.165, 1.54) is 19.4 Å². The Bertz CT molecular complexity index is 995. The van der Waals surface area contributed by atoms with Crippen LogP contribution in [-0.2, 0) is 6.42 Å². The van der Waals surface area contributed by atoms with Crippen molar-refractivity contribution >= 4 is 17.4 Å². The van der Waals surface area contributed by atoms with E-state index in [4.69, 9.17) is 10.5 Å². The summed E-state index contributed by atoms with van der Waals surface area (Å²) in [5.74, 6) is 0.236. The molecule has 0 fully saturated rings. The van der Waals surface area contributed by atoms with Crippen molar-refractivity contribution in [3.05, 3.63) is 71.7 Å². The van der Waals surface area contributed by atoms with Gasteiger partial charge in [0.05, 0.1) is 19.0 Å². The number of H-pyrrole nitrogens is 1. The highest BCUT2D eigenvalue weighted by molar-refractivity contribution is 6.10. The van der Waals surface area contributed by atoms with Gasteiger partial charge in [-0.05, 0) is 30.2 Å². The molecule has 0 radical (unpaired) electrons. The minimum absolute atomic E-state index is 0.114. The molecule has 0 bridgehead atoms. The van der Waals surface area contributed by atoms with Crippen molar-refractivity contribution in [1.82, 2.24) is 15.0 Å². The number of aliphatic imine (C=N–C) groups is 2. The van der Waals surface area contributed by atoms with E-state index < -0.39 is 5.82 Å². The molecule has 7 nitrogen and oxygen atoms in total. The third-order valence-corrected chi connectivity index (χ3v) is 3.79. The number of nitrogens with zero attached hydrogens (tertiary/aromatic N) is 4. The van der Waals surface area contributed by atoms with Crippen LogP contribution in [0.25, 0.3) is 0 Å². The van der Waals surface area contributed by atoms with Crippen LogP contribution in [0, 0.1) is 5.82 Å². The fourth-order valence-electron chi connectivity index (χ4n) is 2.33. The average Bonchev–Trinajstić information content (AvgIpc) is 3.18. The van der Waals surface area contributed by atoms with Gasteiger partial charge in [0.1, 0.15) is 11.4 Å². The lowest BCUT2D eigenvalue weighted by Gasteiger charge is -2.05. The predicted octanol–water partition coefficient (Wildman–Crippen LogP) is 3.00. The summed E-state index contributed by atoms with van der Waals surface area (Å²) < 4.78 is 19.1. The fraction of sp³-hybridized carbons (Fsp3) is 0.158. The summed E-state index contributed by atoms with van der Waals surface area (Å²) in [6.07, 6.45) is 5.25. The number of rotatable bonds is 5. The van der Waals surface area contributed by atoms with Gasteiger partial charge < -0.3 is 15.5 Å². The van der Waals surface area contributed by atoms with Crippen molar-refractivity contribution in [2.24, 2.45) is 15.7 Å². The number of aryl methyl sites for hydroxylation is 1. The SMILES string of the molecule is CCc1c[nH]c(C(N=C(N)c2cccc(OC)n2)=Nc2ccncc2F)c1. The second-order valence-electron chi connectivity index (χ2n) is 5.60. The molecule has 0 spiro atoms. The molecule has 3 N–H and O–H groups in total. The van der Waals surface area contributed by atoms with Gasteiger partial charge in [-0.1, -0.05) is 13.0 Å². The molecule has 138 valence electrons. The first-order valence-electron chi connectivity index (χ1n) is 8.32. The number of methoxy groups -OCH3 is 1. The predicted molar refractivity (Wildman–Crippen MR) is 102 cm³/mol. The summed E-state index contributed by atoms with van der Waals surface area (Å²) in [7, 11) is 1.52. The number of aromatic amines is 1.